The van der Waals surface area contributed by atoms with Gasteiger partial charge in [0.1, 0.15) is 0 Å². The summed E-state index contributed by atoms with van der Waals surface area (Å²) in [5.74, 6) is 0. The van der Waals surface area contributed by atoms with Crippen molar-refractivity contribution in [1.29, 1.82) is 0 Å². The Balaban J connectivity index is 2.27. The fourth-order valence-electron chi connectivity index (χ4n) is 1.91. The monoisotopic (exact) mass is 244 g/mol. The first-order chi connectivity index (χ1) is 8.58. The fourth-order valence-corrected chi connectivity index (χ4v) is 1.91. The van der Waals surface area contributed by atoms with Gasteiger partial charge in [0, 0.05) is 12.3 Å². The molecule has 0 aliphatic carbocycles. The van der Waals surface area contributed by atoms with Gasteiger partial charge in [-0.25, -0.2) is 4.68 Å². The van der Waals surface area contributed by atoms with E-state index in [-0.39, 0.29) is 12.1 Å². The van der Waals surface area contributed by atoms with Crippen LogP contribution in [0.5, 0.6) is 0 Å². The molecule has 0 aliphatic heterocycles. The summed E-state index contributed by atoms with van der Waals surface area (Å²) >= 11 is 0. The lowest BCUT2D eigenvalue weighted by molar-refractivity contribution is 0.148. The summed E-state index contributed by atoms with van der Waals surface area (Å²) in [4.78, 5) is 11.5. The van der Waals surface area contributed by atoms with Crippen LogP contribution >= 0.6 is 0 Å². The van der Waals surface area contributed by atoms with Crippen LogP contribution in [-0.4, -0.2) is 14.9 Å². The second-order valence-corrected chi connectivity index (χ2v) is 4.42. The predicted octanol–water partition coefficient (Wildman–Crippen LogP) is 1.59. The van der Waals surface area contributed by atoms with Crippen LogP contribution in [0.2, 0.25) is 0 Å². The average molecular weight is 244 g/mol. The lowest BCUT2D eigenvalue weighted by atomic mass is 10.0. The molecule has 0 fully saturated rings. The fraction of sp³-hybridized carbons (Fsp3) is 0.286. The largest absolute Gasteiger partial charge is 0.386 e. The second kappa shape index (κ2) is 5.14. The van der Waals surface area contributed by atoms with Gasteiger partial charge < -0.3 is 5.11 Å². The SMILES string of the molecule is Cc1ccc(C)c(C(O)Cn2ncccc2=O)c1. The van der Waals surface area contributed by atoms with Crippen molar-refractivity contribution >= 4 is 0 Å². The number of rotatable bonds is 3. The zero-order chi connectivity index (χ0) is 13.1. The van der Waals surface area contributed by atoms with Crippen LogP contribution in [-0.2, 0) is 6.54 Å². The molecule has 2 aromatic rings. The minimum atomic E-state index is -0.725. The summed E-state index contributed by atoms with van der Waals surface area (Å²) in [6, 6.07) is 8.92. The third-order valence-corrected chi connectivity index (χ3v) is 2.92. The average Bonchev–Trinajstić information content (AvgIpc) is 2.35. The highest BCUT2D eigenvalue weighted by atomic mass is 16.3. The highest BCUT2D eigenvalue weighted by molar-refractivity contribution is 5.32. The molecule has 4 heteroatoms. The molecule has 1 aromatic carbocycles. The number of aliphatic hydroxyl groups excluding tert-OH is 1. The standard InChI is InChI=1S/C14H16N2O2/c1-10-5-6-11(2)12(8-10)13(17)9-16-14(18)4-3-7-15-16/h3-8,13,17H,9H2,1-2H3. The van der Waals surface area contributed by atoms with Crippen molar-refractivity contribution in [3.05, 3.63) is 63.6 Å². The quantitative estimate of drug-likeness (QED) is 0.892. The van der Waals surface area contributed by atoms with Crippen molar-refractivity contribution in [3.8, 4) is 0 Å². The number of hydrogen-bond acceptors (Lipinski definition) is 3. The number of aryl methyl sites for hydroxylation is 2. The minimum Gasteiger partial charge on any atom is -0.386 e. The van der Waals surface area contributed by atoms with Crippen molar-refractivity contribution in [3.63, 3.8) is 0 Å². The van der Waals surface area contributed by atoms with Crippen LogP contribution in [0.4, 0.5) is 0 Å². The molecule has 0 saturated carbocycles. The Bertz CT molecular complexity index is 605. The zero-order valence-electron chi connectivity index (χ0n) is 10.5. The summed E-state index contributed by atoms with van der Waals surface area (Å²) in [6.07, 6.45) is 0.814. The zero-order valence-corrected chi connectivity index (χ0v) is 10.5. The summed E-state index contributed by atoms with van der Waals surface area (Å²) in [6.45, 7) is 4.09. The van der Waals surface area contributed by atoms with E-state index < -0.39 is 6.10 Å². The van der Waals surface area contributed by atoms with E-state index in [1.54, 1.807) is 6.07 Å². The van der Waals surface area contributed by atoms with Crippen LogP contribution in [0.3, 0.4) is 0 Å². The van der Waals surface area contributed by atoms with E-state index in [9.17, 15) is 9.90 Å². The molecule has 1 N–H and O–H groups in total. The van der Waals surface area contributed by atoms with Gasteiger partial charge in [0.25, 0.3) is 5.56 Å². The van der Waals surface area contributed by atoms with Gasteiger partial charge in [-0.2, -0.15) is 5.10 Å². The molecule has 1 aromatic heterocycles. The molecule has 0 saturated heterocycles. The lowest BCUT2D eigenvalue weighted by Gasteiger charge is -2.15. The summed E-state index contributed by atoms with van der Waals surface area (Å²) in [5.41, 5.74) is 2.73. The minimum absolute atomic E-state index is 0.171. The molecular weight excluding hydrogens is 228 g/mol. The van der Waals surface area contributed by atoms with Gasteiger partial charge in [0.2, 0.25) is 0 Å². The molecule has 1 atom stereocenters. The third-order valence-electron chi connectivity index (χ3n) is 2.92. The molecular formula is C14H16N2O2. The van der Waals surface area contributed by atoms with Crippen LogP contribution in [0, 0.1) is 13.8 Å². The van der Waals surface area contributed by atoms with E-state index in [0.717, 1.165) is 16.7 Å². The van der Waals surface area contributed by atoms with Gasteiger partial charge in [-0.05, 0) is 31.0 Å². The maximum absolute atomic E-state index is 11.5. The molecule has 0 radical (unpaired) electrons. The van der Waals surface area contributed by atoms with E-state index in [2.05, 4.69) is 5.10 Å². The Kier molecular flexibility index (Phi) is 3.58. The maximum atomic E-state index is 11.5. The lowest BCUT2D eigenvalue weighted by Crippen LogP contribution is -2.24. The van der Waals surface area contributed by atoms with Gasteiger partial charge in [0.15, 0.2) is 0 Å². The van der Waals surface area contributed by atoms with Gasteiger partial charge >= 0.3 is 0 Å². The highest BCUT2D eigenvalue weighted by Gasteiger charge is 2.12. The summed E-state index contributed by atoms with van der Waals surface area (Å²) < 4.78 is 1.27. The van der Waals surface area contributed by atoms with Crippen LogP contribution < -0.4 is 5.56 Å². The maximum Gasteiger partial charge on any atom is 0.266 e. The van der Waals surface area contributed by atoms with Crippen LogP contribution in [0.15, 0.2) is 41.3 Å². The molecule has 0 aliphatic rings. The highest BCUT2D eigenvalue weighted by Crippen LogP contribution is 2.19. The predicted molar refractivity (Wildman–Crippen MR) is 69.4 cm³/mol. The summed E-state index contributed by atoms with van der Waals surface area (Å²) in [7, 11) is 0. The Morgan fingerprint density at radius 3 is 2.83 bits per heavy atom. The smallest absolute Gasteiger partial charge is 0.266 e. The molecule has 0 bridgehead atoms. The molecule has 0 spiro atoms. The number of aromatic nitrogens is 2. The second-order valence-electron chi connectivity index (χ2n) is 4.42. The van der Waals surface area contributed by atoms with E-state index in [4.69, 9.17) is 0 Å². The number of aliphatic hydroxyl groups is 1. The number of benzene rings is 1. The first-order valence-corrected chi connectivity index (χ1v) is 5.85. The first-order valence-electron chi connectivity index (χ1n) is 5.85. The molecule has 18 heavy (non-hydrogen) atoms. The van der Waals surface area contributed by atoms with Gasteiger partial charge in [-0.15, -0.1) is 0 Å². The Morgan fingerprint density at radius 2 is 2.11 bits per heavy atom. The van der Waals surface area contributed by atoms with E-state index >= 15 is 0 Å². The van der Waals surface area contributed by atoms with Crippen molar-refractivity contribution in [2.24, 2.45) is 0 Å². The van der Waals surface area contributed by atoms with Crippen molar-refractivity contribution in [2.45, 2.75) is 26.5 Å². The van der Waals surface area contributed by atoms with E-state index in [1.165, 1.54) is 16.9 Å². The molecule has 0 amide bonds. The number of hydrogen-bond donors (Lipinski definition) is 1. The Hall–Kier alpha value is -1.94. The topological polar surface area (TPSA) is 55.1 Å². The molecule has 1 unspecified atom stereocenters. The van der Waals surface area contributed by atoms with Crippen LogP contribution in [0.1, 0.15) is 22.8 Å². The van der Waals surface area contributed by atoms with Gasteiger partial charge in [0.05, 0.1) is 12.6 Å². The van der Waals surface area contributed by atoms with Crippen molar-refractivity contribution in [1.82, 2.24) is 9.78 Å². The Labute approximate surface area is 106 Å². The van der Waals surface area contributed by atoms with Gasteiger partial charge in [-0.3, -0.25) is 4.79 Å². The van der Waals surface area contributed by atoms with Crippen molar-refractivity contribution < 1.29 is 5.11 Å². The normalized spacial score (nSPS) is 12.4. The number of nitrogens with zero attached hydrogens (tertiary/aromatic N) is 2. The first kappa shape index (κ1) is 12.5. The summed E-state index contributed by atoms with van der Waals surface area (Å²) in [5, 5.41) is 14.1. The molecule has 1 heterocycles. The van der Waals surface area contributed by atoms with E-state index in [1.807, 2.05) is 32.0 Å². The van der Waals surface area contributed by atoms with Gasteiger partial charge in [-0.1, -0.05) is 23.8 Å². The van der Waals surface area contributed by atoms with E-state index in [0.29, 0.717) is 0 Å². The molecule has 4 nitrogen and oxygen atoms in total. The third kappa shape index (κ3) is 2.65. The van der Waals surface area contributed by atoms with Crippen molar-refractivity contribution in [2.75, 3.05) is 0 Å². The Morgan fingerprint density at radius 1 is 1.33 bits per heavy atom. The molecule has 2 rings (SSSR count). The van der Waals surface area contributed by atoms with Crippen LogP contribution in [0.25, 0.3) is 0 Å². The molecule has 94 valence electrons.